The van der Waals surface area contributed by atoms with Gasteiger partial charge in [-0.15, -0.1) is 0 Å². The topological polar surface area (TPSA) is 56.8 Å². The van der Waals surface area contributed by atoms with Crippen molar-refractivity contribution in [3.8, 4) is 17.2 Å². The monoisotopic (exact) mass is 349 g/mol. The van der Waals surface area contributed by atoms with Gasteiger partial charge in [-0.2, -0.15) is 0 Å². The van der Waals surface area contributed by atoms with Crippen molar-refractivity contribution in [1.82, 2.24) is 0 Å². The Morgan fingerprint density at radius 2 is 1.79 bits per heavy atom. The van der Waals surface area contributed by atoms with Crippen molar-refractivity contribution in [2.45, 2.75) is 19.4 Å². The summed E-state index contributed by atoms with van der Waals surface area (Å²) >= 11 is 6.08. The molecule has 0 saturated carbocycles. The molecule has 2 rings (SSSR count). The lowest BCUT2D eigenvalue weighted by atomic mass is 10.2. The van der Waals surface area contributed by atoms with Crippen LogP contribution in [0.5, 0.6) is 17.2 Å². The molecule has 6 heteroatoms. The van der Waals surface area contributed by atoms with E-state index < -0.39 is 6.10 Å². The van der Waals surface area contributed by atoms with Crippen molar-refractivity contribution in [2.75, 3.05) is 19.5 Å². The maximum atomic E-state index is 12.5. The third kappa shape index (κ3) is 4.32. The molecule has 0 saturated heterocycles. The van der Waals surface area contributed by atoms with E-state index >= 15 is 0 Å². The number of methoxy groups -OCH3 is 2. The summed E-state index contributed by atoms with van der Waals surface area (Å²) in [4.78, 5) is 12.5. The highest BCUT2D eigenvalue weighted by molar-refractivity contribution is 6.32. The second kappa shape index (κ2) is 8.45. The number of carbonyl (C=O) groups excluding carboxylic acids is 1. The van der Waals surface area contributed by atoms with Crippen LogP contribution in [-0.4, -0.2) is 26.2 Å². The molecule has 0 bridgehead atoms. The third-order valence-electron chi connectivity index (χ3n) is 3.42. The Morgan fingerprint density at radius 1 is 1.08 bits per heavy atom. The van der Waals surface area contributed by atoms with Gasteiger partial charge in [0.2, 0.25) is 0 Å². The van der Waals surface area contributed by atoms with Crippen molar-refractivity contribution in [2.24, 2.45) is 0 Å². The van der Waals surface area contributed by atoms with Crippen LogP contribution in [0.15, 0.2) is 42.5 Å². The number of hydrogen-bond acceptors (Lipinski definition) is 4. The first-order valence-electron chi connectivity index (χ1n) is 7.53. The quantitative estimate of drug-likeness (QED) is 0.815. The van der Waals surface area contributed by atoms with Crippen molar-refractivity contribution >= 4 is 23.2 Å². The lowest BCUT2D eigenvalue weighted by Crippen LogP contribution is -2.32. The van der Waals surface area contributed by atoms with Crippen molar-refractivity contribution < 1.29 is 19.0 Å². The lowest BCUT2D eigenvalue weighted by Gasteiger charge is -2.18. The Labute approximate surface area is 146 Å². The van der Waals surface area contributed by atoms with Gasteiger partial charge in [0.25, 0.3) is 5.91 Å². The first-order chi connectivity index (χ1) is 11.6. The minimum Gasteiger partial charge on any atom is -0.493 e. The molecule has 0 aliphatic rings. The van der Waals surface area contributed by atoms with Gasteiger partial charge >= 0.3 is 0 Å². The summed E-state index contributed by atoms with van der Waals surface area (Å²) in [5.74, 6) is 1.35. The number of halogens is 1. The van der Waals surface area contributed by atoms with E-state index in [1.54, 1.807) is 56.7 Å². The molecule has 128 valence electrons. The van der Waals surface area contributed by atoms with Crippen LogP contribution in [0.4, 0.5) is 5.69 Å². The van der Waals surface area contributed by atoms with Crippen LogP contribution in [0.25, 0.3) is 0 Å². The van der Waals surface area contributed by atoms with E-state index in [4.69, 9.17) is 25.8 Å². The minimum absolute atomic E-state index is 0.260. The van der Waals surface area contributed by atoms with Gasteiger partial charge in [-0.25, -0.2) is 0 Å². The van der Waals surface area contributed by atoms with E-state index in [9.17, 15) is 4.79 Å². The standard InChI is InChI=1S/C18H20ClNO4/c1-4-14(24-15-8-6-5-7-13(15)19)18(21)20-12-9-10-16(22-2)17(11-12)23-3/h5-11,14H,4H2,1-3H3,(H,20,21)/t14-/m0/s1. The number of para-hydroxylation sites is 1. The summed E-state index contributed by atoms with van der Waals surface area (Å²) in [6, 6.07) is 12.2. The average molecular weight is 350 g/mol. The second-order valence-corrected chi connectivity index (χ2v) is 5.41. The third-order valence-corrected chi connectivity index (χ3v) is 3.73. The van der Waals surface area contributed by atoms with Crippen LogP contribution in [0, 0.1) is 0 Å². The van der Waals surface area contributed by atoms with Crippen LogP contribution in [0.1, 0.15) is 13.3 Å². The first-order valence-corrected chi connectivity index (χ1v) is 7.91. The van der Waals surface area contributed by atoms with E-state index in [-0.39, 0.29) is 5.91 Å². The first kappa shape index (κ1) is 17.9. The summed E-state index contributed by atoms with van der Waals surface area (Å²) in [7, 11) is 3.10. The maximum Gasteiger partial charge on any atom is 0.265 e. The van der Waals surface area contributed by atoms with E-state index in [0.29, 0.717) is 34.4 Å². The molecule has 0 spiro atoms. The van der Waals surface area contributed by atoms with E-state index in [1.165, 1.54) is 0 Å². The summed E-state index contributed by atoms with van der Waals surface area (Å²) < 4.78 is 16.1. The molecule has 0 aliphatic carbocycles. The summed E-state index contributed by atoms with van der Waals surface area (Å²) in [5, 5.41) is 3.28. The van der Waals surface area contributed by atoms with Crippen LogP contribution < -0.4 is 19.5 Å². The van der Waals surface area contributed by atoms with Gasteiger partial charge in [-0.1, -0.05) is 30.7 Å². The Bertz CT molecular complexity index is 705. The molecule has 0 aromatic heterocycles. The van der Waals surface area contributed by atoms with Crippen LogP contribution in [0.2, 0.25) is 5.02 Å². The molecule has 0 aliphatic heterocycles. The normalized spacial score (nSPS) is 11.5. The molecule has 0 radical (unpaired) electrons. The average Bonchev–Trinajstić information content (AvgIpc) is 2.60. The van der Waals surface area contributed by atoms with Gasteiger partial charge < -0.3 is 19.5 Å². The summed E-state index contributed by atoms with van der Waals surface area (Å²) in [5.41, 5.74) is 0.596. The molecule has 2 aromatic carbocycles. The highest BCUT2D eigenvalue weighted by atomic mass is 35.5. The highest BCUT2D eigenvalue weighted by Gasteiger charge is 2.20. The SMILES string of the molecule is CC[C@H](Oc1ccccc1Cl)C(=O)Nc1ccc(OC)c(OC)c1. The maximum absolute atomic E-state index is 12.5. The molecule has 1 atom stereocenters. The van der Waals surface area contributed by atoms with Crippen LogP contribution >= 0.6 is 11.6 Å². The van der Waals surface area contributed by atoms with Crippen molar-refractivity contribution in [1.29, 1.82) is 0 Å². The molecular formula is C18H20ClNO4. The van der Waals surface area contributed by atoms with Gasteiger partial charge in [0.05, 0.1) is 19.2 Å². The number of amides is 1. The fraction of sp³-hybridized carbons (Fsp3) is 0.278. The zero-order valence-electron chi connectivity index (χ0n) is 13.8. The van der Waals surface area contributed by atoms with E-state index in [1.807, 2.05) is 6.92 Å². The van der Waals surface area contributed by atoms with Gasteiger partial charge in [-0.3, -0.25) is 4.79 Å². The zero-order chi connectivity index (χ0) is 17.5. The minimum atomic E-state index is -0.655. The van der Waals surface area contributed by atoms with Crippen LogP contribution in [0.3, 0.4) is 0 Å². The predicted molar refractivity (Wildman–Crippen MR) is 94.3 cm³/mol. The molecule has 0 heterocycles. The molecule has 2 aromatic rings. The number of hydrogen-bond donors (Lipinski definition) is 1. The number of nitrogens with one attached hydrogen (secondary N) is 1. The number of carbonyl (C=O) groups is 1. The largest absolute Gasteiger partial charge is 0.493 e. The molecule has 5 nitrogen and oxygen atoms in total. The fourth-order valence-electron chi connectivity index (χ4n) is 2.15. The summed E-state index contributed by atoms with van der Waals surface area (Å²) in [6.07, 6.45) is -0.150. The Balaban J connectivity index is 2.11. The molecule has 0 fully saturated rings. The number of benzene rings is 2. The molecule has 1 N–H and O–H groups in total. The zero-order valence-corrected chi connectivity index (χ0v) is 14.6. The number of rotatable bonds is 7. The van der Waals surface area contributed by atoms with Crippen molar-refractivity contribution in [3.05, 3.63) is 47.5 Å². The smallest absolute Gasteiger partial charge is 0.265 e. The van der Waals surface area contributed by atoms with E-state index in [2.05, 4.69) is 5.32 Å². The van der Waals surface area contributed by atoms with Gasteiger partial charge in [0, 0.05) is 11.8 Å². The second-order valence-electron chi connectivity index (χ2n) is 5.00. The van der Waals surface area contributed by atoms with Crippen molar-refractivity contribution in [3.63, 3.8) is 0 Å². The van der Waals surface area contributed by atoms with Crippen LogP contribution in [-0.2, 0) is 4.79 Å². The van der Waals surface area contributed by atoms with Gasteiger partial charge in [0.1, 0.15) is 5.75 Å². The lowest BCUT2D eigenvalue weighted by molar-refractivity contribution is -0.122. The fourth-order valence-corrected chi connectivity index (χ4v) is 2.33. The Morgan fingerprint density at radius 3 is 2.42 bits per heavy atom. The molecule has 0 unspecified atom stereocenters. The summed E-state index contributed by atoms with van der Waals surface area (Å²) in [6.45, 7) is 1.87. The molecule has 1 amide bonds. The Kier molecular flexibility index (Phi) is 6.32. The number of ether oxygens (including phenoxy) is 3. The molecule has 24 heavy (non-hydrogen) atoms. The highest BCUT2D eigenvalue weighted by Crippen LogP contribution is 2.30. The predicted octanol–water partition coefficient (Wildman–Crippen LogP) is 4.15. The molecular weight excluding hydrogens is 330 g/mol. The Hall–Kier alpha value is -2.40. The number of anilines is 1. The van der Waals surface area contributed by atoms with Gasteiger partial charge in [-0.05, 0) is 30.7 Å². The van der Waals surface area contributed by atoms with Gasteiger partial charge in [0.15, 0.2) is 17.6 Å². The van der Waals surface area contributed by atoms with E-state index in [0.717, 1.165) is 0 Å².